The highest BCUT2D eigenvalue weighted by Gasteiger charge is 2.42. The van der Waals surface area contributed by atoms with Gasteiger partial charge < -0.3 is 15.0 Å². The third-order valence-corrected chi connectivity index (χ3v) is 9.90. The lowest BCUT2D eigenvalue weighted by Gasteiger charge is -2.46. The number of likely N-dealkylation sites (tertiary alicyclic amines) is 1. The van der Waals surface area contributed by atoms with Crippen molar-refractivity contribution in [3.05, 3.63) is 21.4 Å². The van der Waals surface area contributed by atoms with Gasteiger partial charge in [-0.1, -0.05) is 12.8 Å². The zero-order valence-corrected chi connectivity index (χ0v) is 19.8. The minimum Gasteiger partial charge on any atom is -0.370 e. The van der Waals surface area contributed by atoms with Crippen molar-refractivity contribution in [3.8, 4) is 0 Å². The summed E-state index contributed by atoms with van der Waals surface area (Å²) in [5.41, 5.74) is 1.48. The predicted octanol–water partition coefficient (Wildman–Crippen LogP) is 3.79. The highest BCUT2D eigenvalue weighted by molar-refractivity contribution is 8.14. The van der Waals surface area contributed by atoms with E-state index in [1.54, 1.807) is 4.88 Å². The molecule has 1 saturated heterocycles. The molecular weight excluding hydrogens is 400 g/mol. The molecule has 2 unspecified atom stereocenters. The van der Waals surface area contributed by atoms with E-state index in [2.05, 4.69) is 29.1 Å². The zero-order valence-electron chi connectivity index (χ0n) is 18.2. The molecule has 2 atom stereocenters. The van der Waals surface area contributed by atoms with Crippen molar-refractivity contribution in [2.45, 2.75) is 69.3 Å². The summed E-state index contributed by atoms with van der Waals surface area (Å²) >= 11 is 2.00. The summed E-state index contributed by atoms with van der Waals surface area (Å²) in [5.74, 6) is 4.91. The van der Waals surface area contributed by atoms with Gasteiger partial charge >= 0.3 is 0 Å². The monoisotopic (exact) mass is 436 g/mol. The second-order valence-electron chi connectivity index (χ2n) is 9.17. The number of ether oxygens (including phenoxy) is 1. The van der Waals surface area contributed by atoms with Crippen molar-refractivity contribution in [2.24, 2.45) is 5.92 Å². The van der Waals surface area contributed by atoms with E-state index in [4.69, 9.17) is 4.74 Å². The van der Waals surface area contributed by atoms with Crippen LogP contribution in [0.2, 0.25) is 0 Å². The molecule has 4 rings (SSSR count). The number of hydrogen-bond acceptors (Lipinski definition) is 4. The highest BCUT2D eigenvalue weighted by atomic mass is 32.2. The fourth-order valence-electron chi connectivity index (χ4n) is 5.03. The predicted molar refractivity (Wildman–Crippen MR) is 125 cm³/mol. The lowest BCUT2D eigenvalue weighted by atomic mass is 9.78. The van der Waals surface area contributed by atoms with E-state index in [0.29, 0.717) is 6.04 Å². The van der Waals surface area contributed by atoms with Crippen molar-refractivity contribution in [2.75, 3.05) is 32.5 Å². The molecule has 0 aromatic carbocycles. The number of fused-ring (bicyclic) bond motifs is 2. The molecule has 29 heavy (non-hydrogen) atoms. The van der Waals surface area contributed by atoms with Gasteiger partial charge in [-0.15, -0.1) is 11.3 Å². The molecule has 1 N–H and O–H groups in total. The molecule has 1 amide bonds. The van der Waals surface area contributed by atoms with Gasteiger partial charge in [-0.25, -0.2) is 0 Å². The van der Waals surface area contributed by atoms with E-state index in [1.807, 2.05) is 24.5 Å². The van der Waals surface area contributed by atoms with E-state index in [0.717, 1.165) is 64.1 Å². The van der Waals surface area contributed by atoms with Crippen LogP contribution in [0.1, 0.15) is 54.8 Å². The molecule has 3 aliphatic rings. The Kier molecular flexibility index (Phi) is 6.55. The first-order valence-corrected chi connectivity index (χ1v) is 13.8. The normalized spacial score (nSPS) is 28.4. The first-order valence-electron chi connectivity index (χ1n) is 11.1. The van der Waals surface area contributed by atoms with Crippen LogP contribution in [0.3, 0.4) is 0 Å². The smallest absolute Gasteiger partial charge is 0.232 e. The number of carbonyl (C=O) groups excluding carboxylic acids is 1. The standard InChI is InChI=1S/C23H36N2O2S2/c1-5-19-14-20-21(28-19)6-11-27-23(20)7-9-25(10-8-23)15-17-12-18(13-17)24-22(26)16(2)29(3)4/h14,16-18H,3,5-13,15H2,1-2,4H3,(H,24,26). The van der Waals surface area contributed by atoms with Crippen molar-refractivity contribution in [1.82, 2.24) is 10.2 Å². The van der Waals surface area contributed by atoms with Crippen molar-refractivity contribution >= 4 is 33.6 Å². The average Bonchev–Trinajstić information content (AvgIpc) is 3.12. The molecule has 1 spiro atoms. The van der Waals surface area contributed by atoms with E-state index < -0.39 is 0 Å². The number of thiophene rings is 1. The average molecular weight is 437 g/mol. The van der Waals surface area contributed by atoms with Crippen LogP contribution in [-0.4, -0.2) is 60.5 Å². The topological polar surface area (TPSA) is 41.6 Å². The van der Waals surface area contributed by atoms with E-state index in [1.165, 1.54) is 17.0 Å². The lowest BCUT2D eigenvalue weighted by Crippen LogP contribution is -2.52. The van der Waals surface area contributed by atoms with Crippen LogP contribution < -0.4 is 5.32 Å². The molecule has 3 heterocycles. The number of nitrogens with zero attached hydrogens (tertiary/aromatic N) is 1. The Balaban J connectivity index is 1.25. The second kappa shape index (κ2) is 8.81. The van der Waals surface area contributed by atoms with E-state index >= 15 is 0 Å². The van der Waals surface area contributed by atoms with Gasteiger partial charge in [-0.3, -0.25) is 4.79 Å². The molecule has 1 aromatic heterocycles. The van der Waals surface area contributed by atoms with E-state index in [-0.39, 0.29) is 27.2 Å². The maximum Gasteiger partial charge on any atom is 0.232 e. The van der Waals surface area contributed by atoms with Gasteiger partial charge in [0.25, 0.3) is 0 Å². The molecule has 1 aliphatic carbocycles. The third-order valence-electron chi connectivity index (χ3n) is 7.14. The van der Waals surface area contributed by atoms with Gasteiger partial charge in [-0.05, 0) is 62.8 Å². The molecule has 1 saturated carbocycles. The van der Waals surface area contributed by atoms with Crippen LogP contribution >= 0.6 is 21.8 Å². The van der Waals surface area contributed by atoms with Crippen LogP contribution in [-0.2, 0) is 28.0 Å². The number of amides is 1. The lowest BCUT2D eigenvalue weighted by molar-refractivity contribution is -0.122. The van der Waals surface area contributed by atoms with Crippen LogP contribution in [0.15, 0.2) is 6.07 Å². The Morgan fingerprint density at radius 1 is 1.45 bits per heavy atom. The molecule has 2 fully saturated rings. The maximum atomic E-state index is 12.2. The minimum absolute atomic E-state index is 0.0219. The summed E-state index contributed by atoms with van der Waals surface area (Å²) < 4.78 is 6.41. The number of hydrogen-bond donors (Lipinski definition) is 1. The Morgan fingerprint density at radius 2 is 2.17 bits per heavy atom. The fourth-order valence-corrected chi connectivity index (χ4v) is 6.64. The molecule has 2 aliphatic heterocycles. The summed E-state index contributed by atoms with van der Waals surface area (Å²) in [4.78, 5) is 17.9. The number of carbonyl (C=O) groups is 1. The van der Waals surface area contributed by atoms with Crippen LogP contribution in [0.5, 0.6) is 0 Å². The summed E-state index contributed by atoms with van der Waals surface area (Å²) in [7, 11) is -0.101. The quantitative estimate of drug-likeness (QED) is 0.690. The summed E-state index contributed by atoms with van der Waals surface area (Å²) in [6.45, 7) is 8.54. The van der Waals surface area contributed by atoms with Crippen LogP contribution in [0, 0.1) is 5.92 Å². The van der Waals surface area contributed by atoms with Gasteiger partial charge in [0, 0.05) is 41.9 Å². The molecule has 4 nitrogen and oxygen atoms in total. The number of aryl methyl sites for hydroxylation is 1. The second-order valence-corrected chi connectivity index (χ2v) is 12.5. The van der Waals surface area contributed by atoms with Gasteiger partial charge in [0.2, 0.25) is 5.91 Å². The van der Waals surface area contributed by atoms with Gasteiger partial charge in [-0.2, -0.15) is 10.5 Å². The Hall–Kier alpha value is -0.690. The summed E-state index contributed by atoms with van der Waals surface area (Å²) in [5, 5.41) is 3.25. The molecule has 1 aromatic rings. The number of rotatable bonds is 6. The first-order chi connectivity index (χ1) is 13.9. The molecule has 0 radical (unpaired) electrons. The molecular formula is C23H36N2O2S2. The number of piperidine rings is 1. The van der Waals surface area contributed by atoms with Crippen molar-refractivity contribution in [3.63, 3.8) is 0 Å². The van der Waals surface area contributed by atoms with Gasteiger partial charge in [0.15, 0.2) is 0 Å². The summed E-state index contributed by atoms with van der Waals surface area (Å²) in [6.07, 6.45) is 8.74. The van der Waals surface area contributed by atoms with Crippen LogP contribution in [0.25, 0.3) is 0 Å². The SMILES string of the molecule is C=S(C)C(C)C(=O)NC1CC(CN2CCC3(CC2)OCCc2sc(CC)cc23)C1. The Bertz CT molecular complexity index is 761. The first kappa shape index (κ1) is 21.5. The minimum atomic E-state index is -0.101. The molecule has 0 bridgehead atoms. The number of nitrogens with one attached hydrogen (secondary N) is 1. The molecule has 6 heteroatoms. The molecule has 162 valence electrons. The van der Waals surface area contributed by atoms with Gasteiger partial charge in [0.1, 0.15) is 0 Å². The van der Waals surface area contributed by atoms with Crippen molar-refractivity contribution < 1.29 is 9.53 Å². The van der Waals surface area contributed by atoms with E-state index in [9.17, 15) is 4.79 Å². The third kappa shape index (κ3) is 4.51. The Labute approximate surface area is 182 Å². The van der Waals surface area contributed by atoms with Gasteiger partial charge in [0.05, 0.1) is 17.5 Å². The van der Waals surface area contributed by atoms with Crippen LogP contribution in [0.4, 0.5) is 0 Å². The zero-order chi connectivity index (χ0) is 20.6. The van der Waals surface area contributed by atoms with Crippen molar-refractivity contribution in [1.29, 1.82) is 0 Å². The highest BCUT2D eigenvalue weighted by Crippen LogP contribution is 2.45. The summed E-state index contributed by atoms with van der Waals surface area (Å²) in [6, 6.07) is 2.81. The fraction of sp³-hybridized carbons (Fsp3) is 0.739. The largest absolute Gasteiger partial charge is 0.370 e. The maximum absolute atomic E-state index is 12.2. The Morgan fingerprint density at radius 3 is 2.83 bits per heavy atom.